The zero-order valence-electron chi connectivity index (χ0n) is 16.8. The second kappa shape index (κ2) is 12.2. The Balaban J connectivity index is 0.00000392. The lowest BCUT2D eigenvalue weighted by Gasteiger charge is -2.26. The summed E-state index contributed by atoms with van der Waals surface area (Å²) < 4.78 is 38.0. The maximum atomic E-state index is 12.7. The molecule has 10 heteroatoms. The molecule has 2 heterocycles. The third-order valence-electron chi connectivity index (χ3n) is 4.60. The van der Waals surface area contributed by atoms with Crippen LogP contribution < -0.4 is 5.32 Å². The minimum Gasteiger partial charge on any atom is -0.357 e. The van der Waals surface area contributed by atoms with Gasteiger partial charge in [-0.2, -0.15) is 13.2 Å². The fourth-order valence-corrected chi connectivity index (χ4v) is 4.04. The summed E-state index contributed by atoms with van der Waals surface area (Å²) in [4.78, 5) is 14.0. The number of hydrogen-bond acceptors (Lipinski definition) is 4. The summed E-state index contributed by atoms with van der Waals surface area (Å²) in [6.07, 6.45) is -0.388. The van der Waals surface area contributed by atoms with Crippen molar-refractivity contribution in [3.63, 3.8) is 0 Å². The molecule has 1 aromatic heterocycles. The van der Waals surface area contributed by atoms with Gasteiger partial charge in [0.05, 0.1) is 13.1 Å². The first-order chi connectivity index (χ1) is 12.8. The molecule has 0 amide bonds. The lowest BCUT2D eigenvalue weighted by molar-refractivity contribution is -0.146. The lowest BCUT2D eigenvalue weighted by atomic mass is 10.1. The van der Waals surface area contributed by atoms with E-state index in [-0.39, 0.29) is 29.9 Å². The van der Waals surface area contributed by atoms with Crippen LogP contribution in [0.2, 0.25) is 0 Å². The molecule has 1 N–H and O–H groups in total. The Kier molecular flexibility index (Phi) is 11.0. The fraction of sp³-hybridized carbons (Fsp3) is 0.778. The number of alkyl halides is 3. The van der Waals surface area contributed by atoms with Gasteiger partial charge in [0.1, 0.15) is 5.01 Å². The predicted molar refractivity (Wildman–Crippen MR) is 120 cm³/mol. The summed E-state index contributed by atoms with van der Waals surface area (Å²) in [5.41, 5.74) is 0. The third-order valence-corrected chi connectivity index (χ3v) is 5.73. The number of halogens is 4. The molecule has 0 radical (unpaired) electrons. The van der Waals surface area contributed by atoms with E-state index in [1.807, 2.05) is 13.1 Å². The smallest absolute Gasteiger partial charge is 0.357 e. The van der Waals surface area contributed by atoms with Crippen LogP contribution in [-0.2, 0) is 13.0 Å². The van der Waals surface area contributed by atoms with Gasteiger partial charge >= 0.3 is 6.18 Å². The van der Waals surface area contributed by atoms with Gasteiger partial charge in [-0.15, -0.1) is 35.3 Å². The molecule has 1 aliphatic rings. The summed E-state index contributed by atoms with van der Waals surface area (Å²) in [7, 11) is 0. The number of likely N-dealkylation sites (tertiary alicyclic amines) is 1. The molecule has 1 fully saturated rings. The van der Waals surface area contributed by atoms with Crippen LogP contribution in [-0.4, -0.2) is 66.2 Å². The summed E-state index contributed by atoms with van der Waals surface area (Å²) >= 11 is 1.67. The number of hydrogen-bond donors (Lipinski definition) is 1. The Morgan fingerprint density at radius 1 is 1.39 bits per heavy atom. The Hall–Kier alpha value is -0.620. The van der Waals surface area contributed by atoms with Crippen molar-refractivity contribution in [2.24, 2.45) is 10.9 Å². The maximum Gasteiger partial charge on any atom is 0.401 e. The van der Waals surface area contributed by atoms with Crippen molar-refractivity contribution in [3.8, 4) is 0 Å². The average molecular weight is 533 g/mol. The van der Waals surface area contributed by atoms with Crippen LogP contribution >= 0.6 is 35.3 Å². The number of aromatic nitrogens is 1. The van der Waals surface area contributed by atoms with E-state index in [4.69, 9.17) is 4.99 Å². The molecule has 1 unspecified atom stereocenters. The monoisotopic (exact) mass is 533 g/mol. The zero-order chi connectivity index (χ0) is 19.9. The highest BCUT2D eigenvalue weighted by atomic mass is 127. The van der Waals surface area contributed by atoms with E-state index in [0.29, 0.717) is 19.6 Å². The first-order valence-electron chi connectivity index (χ1n) is 9.60. The van der Waals surface area contributed by atoms with E-state index in [1.54, 1.807) is 18.3 Å². The largest absolute Gasteiger partial charge is 0.401 e. The van der Waals surface area contributed by atoms with Gasteiger partial charge in [0.25, 0.3) is 0 Å². The maximum absolute atomic E-state index is 12.7. The van der Waals surface area contributed by atoms with Crippen LogP contribution in [0.3, 0.4) is 0 Å². The van der Waals surface area contributed by atoms with Crippen molar-refractivity contribution in [2.45, 2.75) is 46.3 Å². The van der Waals surface area contributed by atoms with Crippen LogP contribution in [0.15, 0.2) is 11.2 Å². The fourth-order valence-electron chi connectivity index (χ4n) is 3.25. The van der Waals surface area contributed by atoms with Crippen LogP contribution in [0, 0.1) is 5.92 Å². The van der Waals surface area contributed by atoms with Crippen LogP contribution in [0.5, 0.6) is 0 Å². The molecular weight excluding hydrogens is 502 g/mol. The van der Waals surface area contributed by atoms with Gasteiger partial charge < -0.3 is 10.2 Å². The van der Waals surface area contributed by atoms with Crippen molar-refractivity contribution < 1.29 is 13.2 Å². The van der Waals surface area contributed by atoms with E-state index >= 15 is 0 Å². The van der Waals surface area contributed by atoms with Gasteiger partial charge in [0, 0.05) is 37.3 Å². The van der Waals surface area contributed by atoms with Gasteiger partial charge in [-0.1, -0.05) is 13.8 Å². The van der Waals surface area contributed by atoms with Crippen molar-refractivity contribution in [3.05, 3.63) is 16.1 Å². The van der Waals surface area contributed by atoms with Crippen molar-refractivity contribution in [2.75, 3.05) is 39.3 Å². The quantitative estimate of drug-likeness (QED) is 0.312. The molecule has 0 bridgehead atoms. The molecule has 1 saturated heterocycles. The summed E-state index contributed by atoms with van der Waals surface area (Å²) in [6.45, 7) is 8.79. The Morgan fingerprint density at radius 3 is 2.71 bits per heavy atom. The first-order valence-corrected chi connectivity index (χ1v) is 10.4. The molecule has 0 aliphatic carbocycles. The van der Waals surface area contributed by atoms with Gasteiger partial charge in [0.2, 0.25) is 0 Å². The first kappa shape index (κ1) is 25.4. The SMILES string of the molecule is CCNC(=NCc1ncc(CC)s1)N1CCC(CN(CC)CC(F)(F)F)C1.I. The number of aliphatic imine (C=N–C) groups is 1. The van der Waals surface area contributed by atoms with Gasteiger partial charge in [-0.05, 0) is 32.2 Å². The van der Waals surface area contributed by atoms with Crippen molar-refractivity contribution in [1.29, 1.82) is 0 Å². The van der Waals surface area contributed by atoms with Gasteiger partial charge in [-0.3, -0.25) is 4.90 Å². The summed E-state index contributed by atoms with van der Waals surface area (Å²) in [5, 5.41) is 4.29. The highest BCUT2D eigenvalue weighted by molar-refractivity contribution is 14.0. The zero-order valence-corrected chi connectivity index (χ0v) is 19.9. The molecule has 0 aromatic carbocycles. The summed E-state index contributed by atoms with van der Waals surface area (Å²) in [6, 6.07) is 0. The van der Waals surface area contributed by atoms with Gasteiger partial charge in [0.15, 0.2) is 5.96 Å². The normalized spacial score (nSPS) is 17.9. The van der Waals surface area contributed by atoms with Crippen LogP contribution in [0.4, 0.5) is 13.2 Å². The van der Waals surface area contributed by atoms with E-state index in [1.165, 1.54) is 9.78 Å². The Morgan fingerprint density at radius 2 is 2.14 bits per heavy atom. The van der Waals surface area contributed by atoms with Crippen LogP contribution in [0.25, 0.3) is 0 Å². The highest BCUT2D eigenvalue weighted by Gasteiger charge is 2.33. The molecule has 1 atom stereocenters. The second-order valence-electron chi connectivity index (χ2n) is 6.79. The average Bonchev–Trinajstić information content (AvgIpc) is 3.26. The Labute approximate surface area is 186 Å². The number of thiazole rings is 1. The molecular formula is C18H31F3IN5S. The molecule has 0 saturated carbocycles. The molecule has 28 heavy (non-hydrogen) atoms. The minimum absolute atomic E-state index is 0. The molecule has 5 nitrogen and oxygen atoms in total. The summed E-state index contributed by atoms with van der Waals surface area (Å²) in [5.74, 6) is 1.05. The van der Waals surface area contributed by atoms with Gasteiger partial charge in [-0.25, -0.2) is 9.98 Å². The van der Waals surface area contributed by atoms with E-state index in [9.17, 15) is 13.2 Å². The topological polar surface area (TPSA) is 43.8 Å². The standard InChI is InChI=1S/C18H30F3N5S.HI/c1-4-15-9-23-16(27-15)10-24-17(22-5-2)26-8-7-14(12-26)11-25(6-3)13-18(19,20)21;/h9,14H,4-8,10-13H2,1-3H3,(H,22,24);1H. The van der Waals surface area contributed by atoms with Crippen molar-refractivity contribution in [1.82, 2.24) is 20.1 Å². The van der Waals surface area contributed by atoms with E-state index in [0.717, 1.165) is 43.4 Å². The number of nitrogens with one attached hydrogen (secondary N) is 1. The van der Waals surface area contributed by atoms with Crippen LogP contribution in [0.1, 0.15) is 37.1 Å². The van der Waals surface area contributed by atoms with E-state index in [2.05, 4.69) is 22.1 Å². The molecule has 1 aliphatic heterocycles. The minimum atomic E-state index is -4.14. The number of aryl methyl sites for hydroxylation is 1. The molecule has 0 spiro atoms. The van der Waals surface area contributed by atoms with E-state index < -0.39 is 12.7 Å². The third kappa shape index (κ3) is 8.40. The number of nitrogens with zero attached hydrogens (tertiary/aromatic N) is 4. The Bertz CT molecular complexity index is 608. The molecule has 162 valence electrons. The lowest BCUT2D eigenvalue weighted by Crippen LogP contribution is -2.41. The number of guanidine groups is 1. The highest BCUT2D eigenvalue weighted by Crippen LogP contribution is 2.22. The number of rotatable bonds is 8. The molecule has 1 aromatic rings. The molecule has 2 rings (SSSR count). The second-order valence-corrected chi connectivity index (χ2v) is 7.99. The predicted octanol–water partition coefficient (Wildman–Crippen LogP) is 4.00. The van der Waals surface area contributed by atoms with Crippen molar-refractivity contribution >= 4 is 41.3 Å².